The average Bonchev–Trinajstić information content (AvgIpc) is 2.64. The second kappa shape index (κ2) is 4.59. The van der Waals surface area contributed by atoms with Gasteiger partial charge in [0, 0.05) is 13.1 Å². The number of likely N-dealkylation sites (N-methyl/N-ethyl adjacent to an activating group) is 1. The van der Waals surface area contributed by atoms with Crippen LogP contribution in [0.5, 0.6) is 0 Å². The molecule has 2 rings (SSSR count). The van der Waals surface area contributed by atoms with Crippen LogP contribution in [0.2, 0.25) is 0 Å². The number of anilines is 1. The van der Waals surface area contributed by atoms with Crippen molar-refractivity contribution in [2.75, 3.05) is 32.0 Å². The first-order valence-corrected chi connectivity index (χ1v) is 5.27. The maximum Gasteiger partial charge on any atom is 0.239 e. The summed E-state index contributed by atoms with van der Waals surface area (Å²) in [4.78, 5) is 6.25. The van der Waals surface area contributed by atoms with Crippen molar-refractivity contribution in [3.8, 4) is 0 Å². The molecule has 0 saturated carbocycles. The van der Waals surface area contributed by atoms with Gasteiger partial charge in [0.15, 0.2) is 0 Å². The molecular weight excluding hydrogens is 194 g/mol. The van der Waals surface area contributed by atoms with Gasteiger partial charge < -0.3 is 10.5 Å². The lowest BCUT2D eigenvalue weighted by atomic mass is 10.2. The minimum Gasteiger partial charge on any atom is -0.374 e. The summed E-state index contributed by atoms with van der Waals surface area (Å²) >= 11 is 0. The van der Waals surface area contributed by atoms with Crippen molar-refractivity contribution in [3.05, 3.63) is 6.33 Å². The molecule has 84 valence electrons. The van der Waals surface area contributed by atoms with Gasteiger partial charge in [-0.2, -0.15) is 0 Å². The third kappa shape index (κ3) is 2.66. The Balaban J connectivity index is 1.88. The molecule has 1 unspecified atom stereocenters. The first kappa shape index (κ1) is 10.4. The van der Waals surface area contributed by atoms with Gasteiger partial charge in [0.05, 0.1) is 19.3 Å². The van der Waals surface area contributed by atoms with E-state index >= 15 is 0 Å². The van der Waals surface area contributed by atoms with E-state index in [-0.39, 0.29) is 6.10 Å². The molecule has 6 nitrogen and oxygen atoms in total. The van der Waals surface area contributed by atoms with E-state index in [4.69, 9.17) is 10.5 Å². The summed E-state index contributed by atoms with van der Waals surface area (Å²) in [5.74, 6) is 0.318. The fourth-order valence-electron chi connectivity index (χ4n) is 1.78. The first-order valence-electron chi connectivity index (χ1n) is 5.27. The molecule has 0 spiro atoms. The van der Waals surface area contributed by atoms with Gasteiger partial charge in [0.25, 0.3) is 0 Å². The van der Waals surface area contributed by atoms with E-state index in [1.165, 1.54) is 0 Å². The summed E-state index contributed by atoms with van der Waals surface area (Å²) in [6.45, 7) is 6.72. The van der Waals surface area contributed by atoms with Crippen LogP contribution in [0, 0.1) is 0 Å². The van der Waals surface area contributed by atoms with E-state index in [0.717, 1.165) is 32.8 Å². The Morgan fingerprint density at radius 3 is 3.20 bits per heavy atom. The largest absolute Gasteiger partial charge is 0.374 e. The lowest BCUT2D eigenvalue weighted by Crippen LogP contribution is -2.44. The van der Waals surface area contributed by atoms with Crippen LogP contribution in [0.25, 0.3) is 0 Å². The molecule has 1 saturated heterocycles. The highest BCUT2D eigenvalue weighted by Gasteiger charge is 2.19. The Kier molecular flexibility index (Phi) is 3.17. The number of nitrogen functional groups attached to an aromatic ring is 1. The molecule has 1 aromatic rings. The number of ether oxygens (including phenoxy) is 1. The van der Waals surface area contributed by atoms with Crippen molar-refractivity contribution >= 4 is 5.95 Å². The highest BCUT2D eigenvalue weighted by atomic mass is 16.5. The molecule has 1 atom stereocenters. The molecule has 2 heterocycles. The number of hydrogen-bond donors (Lipinski definition) is 1. The fraction of sp³-hybridized carbons (Fsp3) is 0.778. The molecule has 0 amide bonds. The second-order valence-electron chi connectivity index (χ2n) is 3.71. The Morgan fingerprint density at radius 1 is 1.67 bits per heavy atom. The van der Waals surface area contributed by atoms with Gasteiger partial charge in [-0.05, 0) is 6.54 Å². The van der Waals surface area contributed by atoms with Gasteiger partial charge in [-0.3, -0.25) is 4.90 Å². The van der Waals surface area contributed by atoms with Crippen molar-refractivity contribution in [2.45, 2.75) is 19.6 Å². The SMILES string of the molecule is CCN1CCOC(Cn2cnc(N)n2)C1. The minimum atomic E-state index is 0.194. The van der Waals surface area contributed by atoms with E-state index in [9.17, 15) is 0 Å². The maximum atomic E-state index is 5.65. The molecule has 0 aliphatic carbocycles. The Labute approximate surface area is 89.0 Å². The molecule has 2 N–H and O–H groups in total. The Hall–Kier alpha value is -1.14. The first-order chi connectivity index (χ1) is 7.28. The van der Waals surface area contributed by atoms with Crippen LogP contribution in [-0.4, -0.2) is 52.0 Å². The van der Waals surface area contributed by atoms with Gasteiger partial charge in [-0.15, -0.1) is 5.10 Å². The fourth-order valence-corrected chi connectivity index (χ4v) is 1.78. The molecule has 1 aliphatic heterocycles. The molecular formula is C9H17N5O. The van der Waals surface area contributed by atoms with Crippen molar-refractivity contribution in [1.29, 1.82) is 0 Å². The average molecular weight is 211 g/mol. The second-order valence-corrected chi connectivity index (χ2v) is 3.71. The van der Waals surface area contributed by atoms with E-state index < -0.39 is 0 Å². The van der Waals surface area contributed by atoms with Gasteiger partial charge in [-0.1, -0.05) is 6.92 Å². The van der Waals surface area contributed by atoms with Crippen molar-refractivity contribution in [3.63, 3.8) is 0 Å². The van der Waals surface area contributed by atoms with Crippen LogP contribution in [0.1, 0.15) is 6.92 Å². The lowest BCUT2D eigenvalue weighted by Gasteiger charge is -2.31. The number of nitrogens with two attached hydrogens (primary N) is 1. The third-order valence-electron chi connectivity index (χ3n) is 2.62. The van der Waals surface area contributed by atoms with Crippen molar-refractivity contribution in [1.82, 2.24) is 19.7 Å². The zero-order chi connectivity index (χ0) is 10.7. The van der Waals surface area contributed by atoms with Crippen LogP contribution >= 0.6 is 0 Å². The van der Waals surface area contributed by atoms with E-state index in [0.29, 0.717) is 5.95 Å². The smallest absolute Gasteiger partial charge is 0.239 e. The van der Waals surface area contributed by atoms with Crippen LogP contribution < -0.4 is 5.73 Å². The molecule has 15 heavy (non-hydrogen) atoms. The highest BCUT2D eigenvalue weighted by molar-refractivity contribution is 5.09. The normalized spacial score (nSPS) is 23.1. The molecule has 0 bridgehead atoms. The van der Waals surface area contributed by atoms with Gasteiger partial charge >= 0.3 is 0 Å². The number of morpholine rings is 1. The van der Waals surface area contributed by atoms with Crippen LogP contribution in [-0.2, 0) is 11.3 Å². The van der Waals surface area contributed by atoms with E-state index in [2.05, 4.69) is 21.9 Å². The van der Waals surface area contributed by atoms with E-state index in [1.54, 1.807) is 11.0 Å². The maximum absolute atomic E-state index is 5.65. The number of nitrogens with zero attached hydrogens (tertiary/aromatic N) is 4. The minimum absolute atomic E-state index is 0.194. The monoisotopic (exact) mass is 211 g/mol. The standard InChI is InChI=1S/C9H17N5O/c1-2-13-3-4-15-8(5-13)6-14-7-11-9(10)12-14/h7-8H,2-6H2,1H3,(H2,10,12). The summed E-state index contributed by atoms with van der Waals surface area (Å²) in [6, 6.07) is 0. The Bertz CT molecular complexity index is 313. The molecule has 0 radical (unpaired) electrons. The predicted octanol–water partition coefficient (Wildman–Crippen LogP) is -0.419. The summed E-state index contributed by atoms with van der Waals surface area (Å²) in [7, 11) is 0. The lowest BCUT2D eigenvalue weighted by molar-refractivity contribution is -0.0358. The summed E-state index contributed by atoms with van der Waals surface area (Å²) in [5, 5.41) is 4.04. The molecule has 1 aromatic heterocycles. The number of aromatic nitrogens is 3. The summed E-state index contributed by atoms with van der Waals surface area (Å²) < 4.78 is 7.39. The predicted molar refractivity (Wildman–Crippen MR) is 56.3 cm³/mol. The quantitative estimate of drug-likeness (QED) is 0.735. The molecule has 6 heteroatoms. The van der Waals surface area contributed by atoms with Crippen molar-refractivity contribution < 1.29 is 4.74 Å². The van der Waals surface area contributed by atoms with Crippen LogP contribution in [0.4, 0.5) is 5.95 Å². The Morgan fingerprint density at radius 2 is 2.53 bits per heavy atom. The molecule has 0 aromatic carbocycles. The molecule has 1 aliphatic rings. The summed E-state index contributed by atoms with van der Waals surface area (Å²) in [5.41, 5.74) is 5.44. The number of rotatable bonds is 3. The molecule has 1 fully saturated rings. The van der Waals surface area contributed by atoms with Crippen LogP contribution in [0.3, 0.4) is 0 Å². The van der Waals surface area contributed by atoms with Gasteiger partial charge in [0.2, 0.25) is 5.95 Å². The number of hydrogen-bond acceptors (Lipinski definition) is 5. The van der Waals surface area contributed by atoms with E-state index in [1.807, 2.05) is 0 Å². The van der Waals surface area contributed by atoms with Crippen LogP contribution in [0.15, 0.2) is 6.33 Å². The summed E-state index contributed by atoms with van der Waals surface area (Å²) in [6.07, 6.45) is 1.84. The van der Waals surface area contributed by atoms with Crippen molar-refractivity contribution in [2.24, 2.45) is 0 Å². The zero-order valence-corrected chi connectivity index (χ0v) is 8.96. The van der Waals surface area contributed by atoms with Gasteiger partial charge in [0.1, 0.15) is 6.33 Å². The zero-order valence-electron chi connectivity index (χ0n) is 8.96. The van der Waals surface area contributed by atoms with Gasteiger partial charge in [-0.25, -0.2) is 9.67 Å². The highest BCUT2D eigenvalue weighted by Crippen LogP contribution is 2.06. The topological polar surface area (TPSA) is 69.2 Å². The third-order valence-corrected chi connectivity index (χ3v) is 2.62.